The van der Waals surface area contributed by atoms with Gasteiger partial charge in [-0.2, -0.15) is 0 Å². The highest BCUT2D eigenvalue weighted by molar-refractivity contribution is 5.86. The summed E-state index contributed by atoms with van der Waals surface area (Å²) in [6.45, 7) is 12.7. The molecule has 0 saturated carbocycles. The van der Waals surface area contributed by atoms with Crippen LogP contribution in [0.5, 0.6) is 23.0 Å². The number of imidazole rings is 1. The van der Waals surface area contributed by atoms with Crippen molar-refractivity contribution in [1.29, 1.82) is 0 Å². The third-order valence-corrected chi connectivity index (χ3v) is 6.48. The molecule has 0 radical (unpaired) electrons. The average Bonchev–Trinajstić information content (AvgIpc) is 3.20. The normalized spacial score (nSPS) is 12.1. The van der Waals surface area contributed by atoms with Crippen LogP contribution < -0.4 is 14.2 Å². The third kappa shape index (κ3) is 4.48. The smallest absolute Gasteiger partial charge is 0.163 e. The van der Waals surface area contributed by atoms with Crippen LogP contribution in [0.25, 0.3) is 28.1 Å². The summed E-state index contributed by atoms with van der Waals surface area (Å²) in [6.07, 6.45) is 0. The summed E-state index contributed by atoms with van der Waals surface area (Å²) in [7, 11) is 4.91. The molecule has 6 nitrogen and oxygen atoms in total. The van der Waals surface area contributed by atoms with Crippen LogP contribution in [0.15, 0.2) is 48.5 Å². The Kier molecular flexibility index (Phi) is 6.41. The van der Waals surface area contributed by atoms with Gasteiger partial charge in [0.25, 0.3) is 0 Å². The minimum atomic E-state index is -0.266. The summed E-state index contributed by atoms with van der Waals surface area (Å²) in [5, 5.41) is 11.3. The first-order chi connectivity index (χ1) is 16.9. The van der Waals surface area contributed by atoms with E-state index >= 15 is 0 Å². The van der Waals surface area contributed by atoms with E-state index in [-0.39, 0.29) is 10.8 Å². The summed E-state index contributed by atoms with van der Waals surface area (Å²) in [4.78, 5) is 5.03. The molecule has 0 spiro atoms. The lowest BCUT2D eigenvalue weighted by Gasteiger charge is -2.28. The second-order valence-electron chi connectivity index (χ2n) is 11.1. The van der Waals surface area contributed by atoms with Gasteiger partial charge in [-0.3, -0.25) is 4.57 Å². The topological polar surface area (TPSA) is 65.7 Å². The molecule has 0 fully saturated rings. The number of benzene rings is 3. The van der Waals surface area contributed by atoms with Crippen molar-refractivity contribution >= 4 is 11.0 Å². The molecular weight excluding hydrogens is 452 g/mol. The zero-order valence-electron chi connectivity index (χ0n) is 22.7. The number of hydrogen-bond donors (Lipinski definition) is 1. The molecule has 3 aromatic carbocycles. The minimum Gasteiger partial charge on any atom is -0.507 e. The zero-order valence-corrected chi connectivity index (χ0v) is 22.7. The Bertz CT molecular complexity index is 1370. The van der Waals surface area contributed by atoms with Crippen LogP contribution in [0.1, 0.15) is 52.7 Å². The number of phenols is 1. The number of fused-ring (bicyclic) bond motifs is 1. The number of hydrogen-bond acceptors (Lipinski definition) is 5. The van der Waals surface area contributed by atoms with Crippen LogP contribution in [0, 0.1) is 0 Å². The van der Waals surface area contributed by atoms with Crippen molar-refractivity contribution in [3.63, 3.8) is 0 Å². The van der Waals surface area contributed by atoms with Gasteiger partial charge in [-0.1, -0.05) is 41.5 Å². The fraction of sp³-hybridized carbons (Fsp3) is 0.367. The number of ether oxygens (including phenoxy) is 3. The highest BCUT2D eigenvalue weighted by Gasteiger charge is 2.28. The summed E-state index contributed by atoms with van der Waals surface area (Å²) in [6, 6.07) is 15.8. The molecule has 36 heavy (non-hydrogen) atoms. The van der Waals surface area contributed by atoms with E-state index in [1.807, 2.05) is 36.4 Å². The fourth-order valence-electron chi connectivity index (χ4n) is 4.49. The molecule has 4 aromatic rings. The predicted molar refractivity (Wildman–Crippen MR) is 145 cm³/mol. The first-order valence-electron chi connectivity index (χ1n) is 12.1. The number of phenolic OH excluding ortho intramolecular Hbond substituents is 1. The molecule has 0 aliphatic heterocycles. The van der Waals surface area contributed by atoms with Crippen molar-refractivity contribution in [1.82, 2.24) is 9.55 Å². The van der Waals surface area contributed by atoms with Gasteiger partial charge in [-0.15, -0.1) is 0 Å². The third-order valence-electron chi connectivity index (χ3n) is 6.48. The van der Waals surface area contributed by atoms with Crippen LogP contribution in [0.3, 0.4) is 0 Å². The number of aromatic hydroxyl groups is 1. The summed E-state index contributed by atoms with van der Waals surface area (Å²) in [5.41, 5.74) is 4.75. The monoisotopic (exact) mass is 488 g/mol. The molecule has 1 aromatic heterocycles. The average molecular weight is 489 g/mol. The zero-order chi connectivity index (χ0) is 26.4. The molecule has 1 N–H and O–H groups in total. The van der Waals surface area contributed by atoms with E-state index in [1.165, 1.54) is 0 Å². The van der Waals surface area contributed by atoms with Gasteiger partial charge >= 0.3 is 0 Å². The number of rotatable bonds is 5. The second-order valence-corrected chi connectivity index (χ2v) is 11.1. The molecule has 1 heterocycles. The lowest BCUT2D eigenvalue weighted by molar-refractivity contribution is 0.355. The molecule has 4 rings (SSSR count). The predicted octanol–water partition coefficient (Wildman–Crippen LogP) is 7.02. The molecular formula is C30H36N2O4. The van der Waals surface area contributed by atoms with E-state index in [4.69, 9.17) is 19.2 Å². The van der Waals surface area contributed by atoms with Gasteiger partial charge in [-0.25, -0.2) is 4.98 Å². The van der Waals surface area contributed by atoms with E-state index < -0.39 is 0 Å². The van der Waals surface area contributed by atoms with Gasteiger partial charge in [0.05, 0.1) is 32.4 Å². The molecule has 190 valence electrons. The van der Waals surface area contributed by atoms with Crippen LogP contribution >= 0.6 is 0 Å². The lowest BCUT2D eigenvalue weighted by Crippen LogP contribution is -2.18. The maximum absolute atomic E-state index is 11.3. The molecule has 0 atom stereocenters. The Hall–Kier alpha value is -3.67. The van der Waals surface area contributed by atoms with Crippen molar-refractivity contribution in [2.24, 2.45) is 0 Å². The SMILES string of the molecule is COc1ccc(-c2nc3cc(OC)c(OC)cc3n2-c2cc(C(C)(C)C)c(O)c(C(C)(C)C)c2)cc1. The highest BCUT2D eigenvalue weighted by Crippen LogP contribution is 2.43. The van der Waals surface area contributed by atoms with Crippen molar-refractivity contribution < 1.29 is 19.3 Å². The van der Waals surface area contributed by atoms with Crippen molar-refractivity contribution in [3.8, 4) is 40.1 Å². The summed E-state index contributed by atoms with van der Waals surface area (Å²) < 4.78 is 18.7. The Morgan fingerprint density at radius 1 is 0.722 bits per heavy atom. The molecule has 0 saturated heterocycles. The molecule has 0 unspecified atom stereocenters. The lowest BCUT2D eigenvalue weighted by atomic mass is 9.79. The molecule has 0 bridgehead atoms. The van der Waals surface area contributed by atoms with E-state index in [1.54, 1.807) is 21.3 Å². The summed E-state index contributed by atoms with van der Waals surface area (Å²) in [5.74, 6) is 3.13. The van der Waals surface area contributed by atoms with Crippen molar-refractivity contribution in [2.75, 3.05) is 21.3 Å². The molecule has 0 amide bonds. The molecule has 0 aliphatic carbocycles. The molecule has 6 heteroatoms. The number of aromatic nitrogens is 2. The van der Waals surface area contributed by atoms with Crippen LogP contribution in [-0.4, -0.2) is 36.0 Å². The molecule has 0 aliphatic rings. The van der Waals surface area contributed by atoms with Crippen LogP contribution in [-0.2, 0) is 10.8 Å². The second kappa shape index (κ2) is 9.08. The first kappa shape index (κ1) is 25.4. The van der Waals surface area contributed by atoms with Gasteiger partial charge in [0.1, 0.15) is 17.3 Å². The maximum Gasteiger partial charge on any atom is 0.163 e. The highest BCUT2D eigenvalue weighted by atomic mass is 16.5. The summed E-state index contributed by atoms with van der Waals surface area (Å²) >= 11 is 0. The Labute approximate surface area is 213 Å². The van der Waals surface area contributed by atoms with Crippen molar-refractivity contribution in [2.45, 2.75) is 52.4 Å². The van der Waals surface area contributed by atoms with Gasteiger partial charge in [-0.05, 0) is 47.2 Å². The fourth-order valence-corrected chi connectivity index (χ4v) is 4.49. The first-order valence-corrected chi connectivity index (χ1v) is 12.1. The largest absolute Gasteiger partial charge is 0.507 e. The van der Waals surface area contributed by atoms with Gasteiger partial charge in [0.2, 0.25) is 0 Å². The van der Waals surface area contributed by atoms with E-state index in [2.05, 4.69) is 58.2 Å². The van der Waals surface area contributed by atoms with E-state index in [0.29, 0.717) is 17.2 Å². The Morgan fingerprint density at radius 3 is 1.72 bits per heavy atom. The van der Waals surface area contributed by atoms with E-state index in [0.717, 1.165) is 45.0 Å². The standard InChI is InChI=1S/C30H36N2O4/c1-29(2,3)21-14-19(15-22(27(21)33)30(4,5)6)32-24-17-26(36-9)25(35-8)16-23(24)31-28(32)18-10-12-20(34-7)13-11-18/h10-17,33H,1-9H3. The van der Waals surface area contributed by atoms with Gasteiger partial charge in [0, 0.05) is 34.5 Å². The van der Waals surface area contributed by atoms with Gasteiger partial charge < -0.3 is 19.3 Å². The van der Waals surface area contributed by atoms with Gasteiger partial charge in [0.15, 0.2) is 11.5 Å². The quantitative estimate of drug-likeness (QED) is 0.327. The minimum absolute atomic E-state index is 0.266. The van der Waals surface area contributed by atoms with Crippen LogP contribution in [0.4, 0.5) is 0 Å². The number of methoxy groups -OCH3 is 3. The maximum atomic E-state index is 11.3. The van der Waals surface area contributed by atoms with Crippen molar-refractivity contribution in [3.05, 3.63) is 59.7 Å². The van der Waals surface area contributed by atoms with Crippen LogP contribution in [0.2, 0.25) is 0 Å². The van der Waals surface area contributed by atoms with E-state index in [9.17, 15) is 5.11 Å². The number of nitrogens with zero attached hydrogens (tertiary/aromatic N) is 2. The Balaban J connectivity index is 2.13. The Morgan fingerprint density at radius 2 is 1.25 bits per heavy atom.